The Hall–Kier alpha value is -1.75. The Labute approximate surface area is 92.7 Å². The van der Waals surface area contributed by atoms with Gasteiger partial charge in [-0.15, -0.1) is 0 Å². The molecular formula is C11H12N4O. The number of pyridine rings is 1. The van der Waals surface area contributed by atoms with Gasteiger partial charge in [0.05, 0.1) is 5.41 Å². The van der Waals surface area contributed by atoms with Gasteiger partial charge in [0.2, 0.25) is 11.7 Å². The van der Waals surface area contributed by atoms with E-state index in [0.717, 1.165) is 18.4 Å². The monoisotopic (exact) mass is 216 g/mol. The summed E-state index contributed by atoms with van der Waals surface area (Å²) in [6, 6.07) is 3.72. The van der Waals surface area contributed by atoms with Crippen molar-refractivity contribution in [2.45, 2.75) is 18.3 Å². The van der Waals surface area contributed by atoms with Gasteiger partial charge in [-0.25, -0.2) is 0 Å². The molecule has 0 radical (unpaired) electrons. The zero-order chi connectivity index (χ0) is 11.0. The summed E-state index contributed by atoms with van der Waals surface area (Å²) in [4.78, 5) is 8.35. The Balaban J connectivity index is 1.94. The second-order valence-corrected chi connectivity index (χ2v) is 4.14. The fourth-order valence-electron chi connectivity index (χ4n) is 1.71. The molecule has 16 heavy (non-hydrogen) atoms. The van der Waals surface area contributed by atoms with Crippen molar-refractivity contribution in [3.8, 4) is 11.4 Å². The Morgan fingerprint density at radius 3 is 2.69 bits per heavy atom. The molecule has 0 unspecified atom stereocenters. The molecule has 0 saturated heterocycles. The summed E-state index contributed by atoms with van der Waals surface area (Å²) < 4.78 is 5.28. The van der Waals surface area contributed by atoms with E-state index >= 15 is 0 Å². The van der Waals surface area contributed by atoms with Crippen LogP contribution in [0, 0.1) is 0 Å². The van der Waals surface area contributed by atoms with E-state index in [0.29, 0.717) is 18.3 Å². The molecule has 0 aromatic carbocycles. The average Bonchev–Trinajstić information content (AvgIpc) is 3.00. The molecule has 5 nitrogen and oxygen atoms in total. The summed E-state index contributed by atoms with van der Waals surface area (Å²) >= 11 is 0. The van der Waals surface area contributed by atoms with Crippen LogP contribution in [0.3, 0.4) is 0 Å². The Morgan fingerprint density at radius 1 is 1.31 bits per heavy atom. The largest absolute Gasteiger partial charge is 0.338 e. The fraction of sp³-hybridized carbons (Fsp3) is 0.364. The predicted octanol–water partition coefficient (Wildman–Crippen LogP) is 1.12. The number of nitrogens with zero attached hydrogens (tertiary/aromatic N) is 3. The molecule has 82 valence electrons. The fourth-order valence-corrected chi connectivity index (χ4v) is 1.71. The van der Waals surface area contributed by atoms with E-state index < -0.39 is 0 Å². The zero-order valence-electron chi connectivity index (χ0n) is 8.76. The molecule has 0 spiro atoms. The molecule has 0 atom stereocenters. The summed E-state index contributed by atoms with van der Waals surface area (Å²) in [7, 11) is 0. The molecule has 2 N–H and O–H groups in total. The minimum Gasteiger partial charge on any atom is -0.338 e. The van der Waals surface area contributed by atoms with E-state index in [-0.39, 0.29) is 5.41 Å². The van der Waals surface area contributed by atoms with Gasteiger partial charge in [-0.1, -0.05) is 5.16 Å². The van der Waals surface area contributed by atoms with Gasteiger partial charge in [-0.05, 0) is 25.0 Å². The predicted molar refractivity (Wildman–Crippen MR) is 57.5 cm³/mol. The smallest absolute Gasteiger partial charge is 0.234 e. The van der Waals surface area contributed by atoms with Gasteiger partial charge >= 0.3 is 0 Å². The van der Waals surface area contributed by atoms with Gasteiger partial charge in [0.1, 0.15) is 0 Å². The quantitative estimate of drug-likeness (QED) is 0.831. The van der Waals surface area contributed by atoms with Crippen molar-refractivity contribution in [3.05, 3.63) is 30.4 Å². The topological polar surface area (TPSA) is 77.8 Å². The average molecular weight is 216 g/mol. The van der Waals surface area contributed by atoms with Crippen LogP contribution in [0.4, 0.5) is 0 Å². The van der Waals surface area contributed by atoms with Gasteiger partial charge in [0.25, 0.3) is 0 Å². The molecule has 2 aromatic rings. The van der Waals surface area contributed by atoms with Crippen LogP contribution in [0.2, 0.25) is 0 Å². The van der Waals surface area contributed by atoms with Crippen LogP contribution in [0.5, 0.6) is 0 Å². The molecule has 0 aliphatic heterocycles. The Morgan fingerprint density at radius 2 is 2.06 bits per heavy atom. The standard InChI is InChI=1S/C11H12N4O/c12-7-11(3-4-11)10-14-9(15-16-10)8-1-5-13-6-2-8/h1-2,5-6H,3-4,7,12H2. The lowest BCUT2D eigenvalue weighted by molar-refractivity contribution is 0.347. The maximum absolute atomic E-state index is 5.71. The SMILES string of the molecule is NCC1(c2nc(-c3ccncc3)no2)CC1. The summed E-state index contributed by atoms with van der Waals surface area (Å²) in [6.45, 7) is 0.574. The number of rotatable bonds is 3. The van der Waals surface area contributed by atoms with E-state index in [2.05, 4.69) is 15.1 Å². The summed E-state index contributed by atoms with van der Waals surface area (Å²) in [5.41, 5.74) is 6.58. The van der Waals surface area contributed by atoms with Crippen molar-refractivity contribution in [1.82, 2.24) is 15.1 Å². The van der Waals surface area contributed by atoms with Gasteiger partial charge < -0.3 is 10.3 Å². The summed E-state index contributed by atoms with van der Waals surface area (Å²) in [5.74, 6) is 1.28. The molecule has 1 fully saturated rings. The molecule has 2 aromatic heterocycles. The number of hydrogen-bond donors (Lipinski definition) is 1. The van der Waals surface area contributed by atoms with Crippen LogP contribution in [-0.2, 0) is 5.41 Å². The molecule has 2 heterocycles. The molecule has 5 heteroatoms. The number of aromatic nitrogens is 3. The minimum absolute atomic E-state index is 0.0434. The van der Waals surface area contributed by atoms with Gasteiger partial charge in [0, 0.05) is 24.5 Å². The van der Waals surface area contributed by atoms with Crippen molar-refractivity contribution in [2.24, 2.45) is 5.73 Å². The van der Waals surface area contributed by atoms with E-state index in [1.54, 1.807) is 12.4 Å². The first-order chi connectivity index (χ1) is 7.84. The van der Waals surface area contributed by atoms with Crippen molar-refractivity contribution < 1.29 is 4.52 Å². The molecule has 0 bridgehead atoms. The van der Waals surface area contributed by atoms with Crippen molar-refractivity contribution in [2.75, 3.05) is 6.54 Å². The van der Waals surface area contributed by atoms with Crippen LogP contribution < -0.4 is 5.73 Å². The third kappa shape index (κ3) is 1.40. The third-order valence-electron chi connectivity index (χ3n) is 3.06. The van der Waals surface area contributed by atoms with Crippen LogP contribution >= 0.6 is 0 Å². The molecule has 0 amide bonds. The van der Waals surface area contributed by atoms with E-state index in [1.165, 1.54) is 0 Å². The van der Waals surface area contributed by atoms with E-state index in [1.807, 2.05) is 12.1 Å². The zero-order valence-corrected chi connectivity index (χ0v) is 8.76. The molecule has 3 rings (SSSR count). The van der Waals surface area contributed by atoms with Crippen LogP contribution in [0.25, 0.3) is 11.4 Å². The first kappa shape index (κ1) is 9.47. The lowest BCUT2D eigenvalue weighted by atomic mass is 10.1. The van der Waals surface area contributed by atoms with Gasteiger partial charge in [0.15, 0.2) is 0 Å². The molecule has 1 aliphatic rings. The first-order valence-corrected chi connectivity index (χ1v) is 5.29. The maximum atomic E-state index is 5.71. The molecule has 1 saturated carbocycles. The van der Waals surface area contributed by atoms with Crippen LogP contribution in [0.15, 0.2) is 29.0 Å². The molecular weight excluding hydrogens is 204 g/mol. The third-order valence-corrected chi connectivity index (χ3v) is 3.06. The number of nitrogens with two attached hydrogens (primary N) is 1. The second-order valence-electron chi connectivity index (χ2n) is 4.14. The second kappa shape index (κ2) is 3.38. The molecule has 1 aliphatic carbocycles. The Bertz CT molecular complexity index is 490. The first-order valence-electron chi connectivity index (χ1n) is 5.29. The van der Waals surface area contributed by atoms with Crippen molar-refractivity contribution in [1.29, 1.82) is 0 Å². The van der Waals surface area contributed by atoms with Crippen molar-refractivity contribution in [3.63, 3.8) is 0 Å². The Kier molecular flexibility index (Phi) is 2.00. The van der Waals surface area contributed by atoms with Crippen LogP contribution in [0.1, 0.15) is 18.7 Å². The number of hydrogen-bond acceptors (Lipinski definition) is 5. The van der Waals surface area contributed by atoms with E-state index in [9.17, 15) is 0 Å². The summed E-state index contributed by atoms with van der Waals surface area (Å²) in [6.07, 6.45) is 5.51. The normalized spacial score (nSPS) is 17.3. The minimum atomic E-state index is -0.0434. The van der Waals surface area contributed by atoms with E-state index in [4.69, 9.17) is 10.3 Å². The summed E-state index contributed by atoms with van der Waals surface area (Å²) in [5, 5.41) is 3.97. The highest BCUT2D eigenvalue weighted by Crippen LogP contribution is 2.46. The van der Waals surface area contributed by atoms with Gasteiger partial charge in [-0.3, -0.25) is 4.98 Å². The lowest BCUT2D eigenvalue weighted by Gasteiger charge is -2.03. The lowest BCUT2D eigenvalue weighted by Crippen LogP contribution is -2.19. The van der Waals surface area contributed by atoms with Gasteiger partial charge in [-0.2, -0.15) is 4.98 Å². The highest BCUT2D eigenvalue weighted by atomic mass is 16.5. The highest BCUT2D eigenvalue weighted by molar-refractivity contribution is 5.52. The highest BCUT2D eigenvalue weighted by Gasteiger charge is 2.48. The van der Waals surface area contributed by atoms with Crippen molar-refractivity contribution >= 4 is 0 Å². The van der Waals surface area contributed by atoms with Crippen LogP contribution in [-0.4, -0.2) is 21.7 Å². The maximum Gasteiger partial charge on any atom is 0.234 e.